The van der Waals surface area contributed by atoms with Crippen LogP contribution in [-0.4, -0.2) is 16.8 Å². The molecule has 0 aliphatic rings. The molecular formula is C11H14N2O2. The summed E-state index contributed by atoms with van der Waals surface area (Å²) in [7, 11) is 0. The zero-order valence-corrected chi connectivity index (χ0v) is 8.77. The lowest BCUT2D eigenvalue weighted by Crippen LogP contribution is -2.20. The first-order chi connectivity index (χ1) is 7.11. The van der Waals surface area contributed by atoms with Crippen LogP contribution in [0.25, 0.3) is 0 Å². The highest BCUT2D eigenvalue weighted by Gasteiger charge is 2.13. The second-order valence-electron chi connectivity index (χ2n) is 3.43. The number of hydrazone groups is 1. The smallest absolute Gasteiger partial charge is 0.352 e. The normalized spacial score (nSPS) is 11.5. The van der Waals surface area contributed by atoms with Crippen LogP contribution in [0.15, 0.2) is 35.4 Å². The molecule has 0 aromatic heterocycles. The van der Waals surface area contributed by atoms with Crippen LogP contribution >= 0.6 is 0 Å². The Morgan fingerprint density at radius 3 is 2.40 bits per heavy atom. The SMILES string of the molecule is CC(C)/C(=N\Nc1ccccc1)C(=O)O. The summed E-state index contributed by atoms with van der Waals surface area (Å²) in [5, 5.41) is 12.7. The van der Waals surface area contributed by atoms with Gasteiger partial charge in [0.25, 0.3) is 0 Å². The average Bonchev–Trinajstić information content (AvgIpc) is 2.18. The van der Waals surface area contributed by atoms with E-state index in [1.807, 2.05) is 30.3 Å². The van der Waals surface area contributed by atoms with Crippen LogP contribution in [0, 0.1) is 5.92 Å². The first-order valence-corrected chi connectivity index (χ1v) is 4.73. The van der Waals surface area contributed by atoms with Gasteiger partial charge in [0.15, 0.2) is 0 Å². The fraction of sp³-hybridized carbons (Fsp3) is 0.273. The predicted molar refractivity (Wildman–Crippen MR) is 60.0 cm³/mol. The Kier molecular flexibility index (Phi) is 3.85. The quantitative estimate of drug-likeness (QED) is 0.586. The van der Waals surface area contributed by atoms with Gasteiger partial charge >= 0.3 is 5.97 Å². The maximum atomic E-state index is 10.8. The molecule has 0 saturated carbocycles. The summed E-state index contributed by atoms with van der Waals surface area (Å²) < 4.78 is 0. The molecule has 80 valence electrons. The molecule has 1 aromatic rings. The number of carboxylic acid groups (broad SMARTS) is 1. The number of anilines is 1. The summed E-state index contributed by atoms with van der Waals surface area (Å²) in [6.07, 6.45) is 0. The van der Waals surface area contributed by atoms with Crippen molar-refractivity contribution >= 4 is 17.4 Å². The van der Waals surface area contributed by atoms with Gasteiger partial charge in [0.1, 0.15) is 5.71 Å². The Morgan fingerprint density at radius 1 is 1.33 bits per heavy atom. The molecule has 15 heavy (non-hydrogen) atoms. The summed E-state index contributed by atoms with van der Waals surface area (Å²) in [6.45, 7) is 3.58. The lowest BCUT2D eigenvalue weighted by molar-refractivity contribution is -0.129. The molecule has 0 amide bonds. The largest absolute Gasteiger partial charge is 0.477 e. The van der Waals surface area contributed by atoms with E-state index >= 15 is 0 Å². The van der Waals surface area contributed by atoms with Crippen molar-refractivity contribution in [2.45, 2.75) is 13.8 Å². The highest BCUT2D eigenvalue weighted by molar-refractivity contribution is 6.36. The minimum absolute atomic E-state index is 0.112. The van der Waals surface area contributed by atoms with Gasteiger partial charge in [-0.05, 0) is 12.1 Å². The van der Waals surface area contributed by atoms with Gasteiger partial charge in [-0.15, -0.1) is 0 Å². The van der Waals surface area contributed by atoms with Gasteiger partial charge in [0.2, 0.25) is 0 Å². The van der Waals surface area contributed by atoms with Gasteiger partial charge in [0, 0.05) is 5.92 Å². The maximum Gasteiger partial charge on any atom is 0.352 e. The van der Waals surface area contributed by atoms with Crippen LogP contribution in [0.2, 0.25) is 0 Å². The van der Waals surface area contributed by atoms with E-state index in [2.05, 4.69) is 10.5 Å². The highest BCUT2D eigenvalue weighted by atomic mass is 16.4. The Morgan fingerprint density at radius 2 is 1.93 bits per heavy atom. The number of aliphatic carboxylic acids is 1. The van der Waals surface area contributed by atoms with E-state index in [1.54, 1.807) is 13.8 Å². The zero-order chi connectivity index (χ0) is 11.3. The van der Waals surface area contributed by atoms with Crippen LogP contribution in [-0.2, 0) is 4.79 Å². The van der Waals surface area contributed by atoms with Crippen LogP contribution in [0.5, 0.6) is 0 Å². The monoisotopic (exact) mass is 206 g/mol. The molecule has 0 atom stereocenters. The van der Waals surface area contributed by atoms with E-state index in [1.165, 1.54) is 0 Å². The van der Waals surface area contributed by atoms with Gasteiger partial charge in [0.05, 0.1) is 5.69 Å². The van der Waals surface area contributed by atoms with Crippen LogP contribution < -0.4 is 5.43 Å². The molecule has 4 nitrogen and oxygen atoms in total. The topological polar surface area (TPSA) is 61.7 Å². The molecule has 0 aliphatic carbocycles. The molecule has 2 N–H and O–H groups in total. The fourth-order valence-corrected chi connectivity index (χ4v) is 1.06. The maximum absolute atomic E-state index is 10.8. The second kappa shape index (κ2) is 5.14. The Hall–Kier alpha value is -1.84. The molecule has 0 fully saturated rings. The Bertz CT molecular complexity index is 358. The van der Waals surface area contributed by atoms with Gasteiger partial charge in [-0.3, -0.25) is 5.43 Å². The van der Waals surface area contributed by atoms with Crippen LogP contribution in [0.1, 0.15) is 13.8 Å². The Labute approximate surface area is 88.6 Å². The van der Waals surface area contributed by atoms with Crippen LogP contribution in [0.3, 0.4) is 0 Å². The van der Waals surface area contributed by atoms with E-state index in [4.69, 9.17) is 5.11 Å². The first-order valence-electron chi connectivity index (χ1n) is 4.73. The second-order valence-corrected chi connectivity index (χ2v) is 3.43. The van der Waals surface area contributed by atoms with Crippen molar-refractivity contribution in [2.24, 2.45) is 11.0 Å². The van der Waals surface area contributed by atoms with Crippen molar-refractivity contribution in [3.8, 4) is 0 Å². The third-order valence-electron chi connectivity index (χ3n) is 1.85. The molecule has 0 heterocycles. The number of para-hydroxylation sites is 1. The van der Waals surface area contributed by atoms with E-state index in [-0.39, 0.29) is 11.6 Å². The standard InChI is InChI=1S/C11H14N2O2/c1-8(2)10(11(14)15)13-12-9-6-4-3-5-7-9/h3-8,12H,1-2H3,(H,14,15)/b13-10+. The minimum Gasteiger partial charge on any atom is -0.477 e. The van der Waals surface area contributed by atoms with Gasteiger partial charge < -0.3 is 5.11 Å². The lowest BCUT2D eigenvalue weighted by Gasteiger charge is -2.05. The van der Waals surface area contributed by atoms with Crippen molar-refractivity contribution in [2.75, 3.05) is 5.43 Å². The van der Waals surface area contributed by atoms with E-state index in [0.717, 1.165) is 5.69 Å². The minimum atomic E-state index is -0.992. The van der Waals surface area contributed by atoms with Crippen molar-refractivity contribution in [1.82, 2.24) is 0 Å². The first kappa shape index (κ1) is 11.2. The number of carbonyl (C=O) groups is 1. The Balaban J connectivity index is 2.75. The zero-order valence-electron chi connectivity index (χ0n) is 8.77. The number of nitrogens with one attached hydrogen (secondary N) is 1. The number of benzene rings is 1. The molecule has 0 unspecified atom stereocenters. The number of hydrogen-bond acceptors (Lipinski definition) is 3. The van der Waals surface area contributed by atoms with Crippen molar-refractivity contribution in [1.29, 1.82) is 0 Å². The predicted octanol–water partition coefficient (Wildman–Crippen LogP) is 2.20. The van der Waals surface area contributed by atoms with E-state index < -0.39 is 5.97 Å². The van der Waals surface area contributed by atoms with Crippen molar-refractivity contribution in [3.63, 3.8) is 0 Å². The molecule has 4 heteroatoms. The third-order valence-corrected chi connectivity index (χ3v) is 1.85. The highest BCUT2D eigenvalue weighted by Crippen LogP contribution is 2.06. The summed E-state index contributed by atoms with van der Waals surface area (Å²) >= 11 is 0. The van der Waals surface area contributed by atoms with E-state index in [0.29, 0.717) is 0 Å². The number of nitrogens with zero attached hydrogens (tertiary/aromatic N) is 1. The third kappa shape index (κ3) is 3.42. The van der Waals surface area contributed by atoms with E-state index in [9.17, 15) is 4.79 Å². The summed E-state index contributed by atoms with van der Waals surface area (Å²) in [6, 6.07) is 9.24. The molecule has 0 aliphatic heterocycles. The summed E-state index contributed by atoms with van der Waals surface area (Å²) in [5.41, 5.74) is 3.61. The van der Waals surface area contributed by atoms with Crippen molar-refractivity contribution < 1.29 is 9.90 Å². The molecule has 0 saturated heterocycles. The number of hydrogen-bond donors (Lipinski definition) is 2. The molecule has 0 radical (unpaired) electrons. The number of rotatable bonds is 4. The van der Waals surface area contributed by atoms with Gasteiger partial charge in [-0.25, -0.2) is 4.79 Å². The molecule has 1 rings (SSSR count). The molecule has 1 aromatic carbocycles. The summed E-state index contributed by atoms with van der Waals surface area (Å²) in [5.74, 6) is -1.10. The molecular weight excluding hydrogens is 192 g/mol. The molecule has 0 spiro atoms. The van der Waals surface area contributed by atoms with Crippen LogP contribution in [0.4, 0.5) is 5.69 Å². The fourth-order valence-electron chi connectivity index (χ4n) is 1.06. The van der Waals surface area contributed by atoms with Crippen molar-refractivity contribution in [3.05, 3.63) is 30.3 Å². The average molecular weight is 206 g/mol. The number of carboxylic acids is 1. The lowest BCUT2D eigenvalue weighted by atomic mass is 10.1. The van der Waals surface area contributed by atoms with Gasteiger partial charge in [-0.1, -0.05) is 32.0 Å². The molecule has 0 bridgehead atoms. The van der Waals surface area contributed by atoms with Gasteiger partial charge in [-0.2, -0.15) is 5.10 Å². The summed E-state index contributed by atoms with van der Waals surface area (Å²) in [4.78, 5) is 10.8.